The number of amides is 2. The molecule has 3 rings (SSSR count). The lowest BCUT2D eigenvalue weighted by atomic mass is 10.0. The van der Waals surface area contributed by atoms with Crippen LogP contribution in [-0.2, 0) is 33.8 Å². The maximum Gasteiger partial charge on any atom is 0.250 e. The second-order valence-corrected chi connectivity index (χ2v) is 10.8. The van der Waals surface area contributed by atoms with Crippen LogP contribution < -0.4 is 21.7 Å². The van der Waals surface area contributed by atoms with E-state index in [4.69, 9.17) is 10.5 Å². The first-order valence-corrected chi connectivity index (χ1v) is 15.1. The second-order valence-electron chi connectivity index (χ2n) is 10.8. The Kier molecular flexibility index (Phi) is 14.7. The summed E-state index contributed by atoms with van der Waals surface area (Å²) >= 11 is 0. The highest BCUT2D eigenvalue weighted by molar-refractivity contribution is 5.95. The number of nitrogens with two attached hydrogens (primary N) is 1. The first-order chi connectivity index (χ1) is 21.7. The molecule has 3 aromatic rings. The van der Waals surface area contributed by atoms with Crippen LogP contribution in [0.15, 0.2) is 109 Å². The fourth-order valence-electron chi connectivity index (χ4n) is 4.44. The van der Waals surface area contributed by atoms with E-state index in [1.165, 1.54) is 0 Å². The van der Waals surface area contributed by atoms with Gasteiger partial charge in [0.25, 0.3) is 5.91 Å². The predicted octanol–water partition coefficient (Wildman–Crippen LogP) is 3.97. The minimum absolute atomic E-state index is 0.0987. The van der Waals surface area contributed by atoms with Crippen LogP contribution in [0.25, 0.3) is 0 Å². The zero-order chi connectivity index (χ0) is 32.4. The van der Waals surface area contributed by atoms with Crippen LogP contribution in [0, 0.1) is 0 Å². The van der Waals surface area contributed by atoms with Crippen molar-refractivity contribution in [1.82, 2.24) is 20.9 Å². The molecule has 0 aliphatic carbocycles. The number of benzene rings is 2. The number of hydrogen-bond donors (Lipinski definition) is 5. The molecule has 1 aromatic heterocycles. The molecule has 2 atom stereocenters. The van der Waals surface area contributed by atoms with Crippen LogP contribution in [0.3, 0.4) is 0 Å². The van der Waals surface area contributed by atoms with Gasteiger partial charge in [0.15, 0.2) is 0 Å². The number of anilines is 1. The Hall–Kier alpha value is -4.57. The van der Waals surface area contributed by atoms with E-state index >= 15 is 0 Å². The molecule has 6 N–H and O–H groups in total. The third-order valence-electron chi connectivity index (χ3n) is 7.05. The number of carbonyl (C=O) groups excluding carboxylic acids is 2. The van der Waals surface area contributed by atoms with E-state index in [2.05, 4.69) is 34.4 Å². The van der Waals surface area contributed by atoms with E-state index in [0.717, 1.165) is 28.7 Å². The van der Waals surface area contributed by atoms with Gasteiger partial charge in [-0.25, -0.2) is 4.98 Å². The first-order valence-electron chi connectivity index (χ1n) is 15.1. The van der Waals surface area contributed by atoms with Crippen LogP contribution in [0.1, 0.15) is 42.2 Å². The zero-order valence-corrected chi connectivity index (χ0v) is 26.2. The highest BCUT2D eigenvalue weighted by Crippen LogP contribution is 2.13. The first kappa shape index (κ1) is 34.9. The van der Waals surface area contributed by atoms with Gasteiger partial charge in [-0.1, -0.05) is 79.4 Å². The normalized spacial score (nSPS) is 12.9. The van der Waals surface area contributed by atoms with Gasteiger partial charge in [0, 0.05) is 43.0 Å². The lowest BCUT2D eigenvalue weighted by Gasteiger charge is -2.18. The SMILES string of the molecule is C=C(/C=C\C(=C/C)CNC(=O)Cc1cccc(C[C@@H](C)NC[C@H](O)c2ccc(N)nc2)c1)C(=O)NCCOCc1ccccc1. The van der Waals surface area contributed by atoms with Crippen LogP contribution in [0.5, 0.6) is 0 Å². The van der Waals surface area contributed by atoms with Crippen molar-refractivity contribution in [2.24, 2.45) is 0 Å². The van der Waals surface area contributed by atoms with E-state index in [1.807, 2.05) is 67.6 Å². The Balaban J connectivity index is 1.35. The number of rotatable bonds is 18. The van der Waals surface area contributed by atoms with E-state index in [1.54, 1.807) is 30.5 Å². The second kappa shape index (κ2) is 19.0. The molecule has 9 nitrogen and oxygen atoms in total. The van der Waals surface area contributed by atoms with Crippen molar-refractivity contribution in [3.63, 3.8) is 0 Å². The molecule has 0 aliphatic heterocycles. The van der Waals surface area contributed by atoms with E-state index < -0.39 is 6.10 Å². The van der Waals surface area contributed by atoms with Crippen molar-refractivity contribution >= 4 is 17.6 Å². The number of ether oxygens (including phenoxy) is 1. The van der Waals surface area contributed by atoms with Gasteiger partial charge in [-0.15, -0.1) is 0 Å². The number of nitrogens with zero attached hydrogens (tertiary/aromatic N) is 1. The average molecular weight is 612 g/mol. The lowest BCUT2D eigenvalue weighted by molar-refractivity contribution is -0.120. The highest BCUT2D eigenvalue weighted by atomic mass is 16.5. The summed E-state index contributed by atoms with van der Waals surface area (Å²) in [6.45, 7) is 9.77. The van der Waals surface area contributed by atoms with Gasteiger partial charge < -0.3 is 31.5 Å². The molecular weight excluding hydrogens is 566 g/mol. The molecule has 0 saturated carbocycles. The van der Waals surface area contributed by atoms with Gasteiger partial charge in [0.2, 0.25) is 5.91 Å². The van der Waals surface area contributed by atoms with Crippen molar-refractivity contribution in [2.75, 3.05) is 32.0 Å². The summed E-state index contributed by atoms with van der Waals surface area (Å²) < 4.78 is 5.59. The Morgan fingerprint density at radius 1 is 1.02 bits per heavy atom. The van der Waals surface area contributed by atoms with Crippen molar-refractivity contribution in [2.45, 2.75) is 45.4 Å². The Labute approximate surface area is 266 Å². The predicted molar refractivity (Wildman–Crippen MR) is 179 cm³/mol. The molecule has 1 heterocycles. The Bertz CT molecular complexity index is 1440. The van der Waals surface area contributed by atoms with Crippen LogP contribution in [0.2, 0.25) is 0 Å². The minimum Gasteiger partial charge on any atom is -0.387 e. The van der Waals surface area contributed by atoms with Gasteiger partial charge in [-0.2, -0.15) is 0 Å². The number of nitrogen functional groups attached to an aromatic ring is 1. The van der Waals surface area contributed by atoms with Crippen molar-refractivity contribution < 1.29 is 19.4 Å². The molecule has 0 radical (unpaired) electrons. The number of aromatic nitrogens is 1. The number of pyridine rings is 1. The third kappa shape index (κ3) is 13.3. The van der Waals surface area contributed by atoms with Gasteiger partial charge in [-0.05, 0) is 54.7 Å². The molecule has 0 unspecified atom stereocenters. The number of hydrogen-bond acceptors (Lipinski definition) is 7. The van der Waals surface area contributed by atoms with Crippen molar-refractivity contribution in [3.05, 3.63) is 131 Å². The number of aliphatic hydroxyl groups excluding tert-OH is 1. The topological polar surface area (TPSA) is 139 Å². The van der Waals surface area contributed by atoms with Gasteiger partial charge in [0.1, 0.15) is 5.82 Å². The molecule has 0 fully saturated rings. The van der Waals surface area contributed by atoms with Crippen LogP contribution >= 0.6 is 0 Å². The smallest absolute Gasteiger partial charge is 0.250 e. The number of aliphatic hydroxyl groups is 1. The maximum absolute atomic E-state index is 12.7. The average Bonchev–Trinajstić information content (AvgIpc) is 3.04. The molecule has 0 bridgehead atoms. The molecule has 238 valence electrons. The molecule has 9 heteroatoms. The molecule has 45 heavy (non-hydrogen) atoms. The zero-order valence-electron chi connectivity index (χ0n) is 26.2. The summed E-state index contributed by atoms with van der Waals surface area (Å²) in [5.41, 5.74) is 10.6. The van der Waals surface area contributed by atoms with Gasteiger partial charge >= 0.3 is 0 Å². The molecule has 0 saturated heterocycles. The fraction of sp³-hybridized carbons (Fsp3) is 0.306. The maximum atomic E-state index is 12.7. The van der Waals surface area contributed by atoms with E-state index in [0.29, 0.717) is 49.8 Å². The standard InChI is InChI=1S/C36H45N5O4/c1-4-28(14-13-26(2)36(44)38-17-18-45-25-29-9-6-5-7-10-29)22-41-35(43)21-31-12-8-11-30(20-31)19-27(3)39-24-33(42)32-15-16-34(37)40-23-32/h4-16,20,23,27,33,39,42H,2,17-19,21-22,24-25H2,1,3H3,(H2,37,40)(H,38,44)(H,41,43)/b14-13-,28-4+/t27-,33+/m1/s1. The Morgan fingerprint density at radius 3 is 2.51 bits per heavy atom. The quantitative estimate of drug-likeness (QED) is 0.0834. The minimum atomic E-state index is -0.682. The molecular formula is C36H45N5O4. The van der Waals surface area contributed by atoms with Crippen LogP contribution in [-0.4, -0.2) is 54.2 Å². The highest BCUT2D eigenvalue weighted by Gasteiger charge is 2.12. The van der Waals surface area contributed by atoms with Crippen molar-refractivity contribution in [1.29, 1.82) is 0 Å². The lowest BCUT2D eigenvalue weighted by Crippen LogP contribution is -2.32. The molecule has 2 aromatic carbocycles. The summed E-state index contributed by atoms with van der Waals surface area (Å²) in [6.07, 6.45) is 7.20. The molecule has 0 aliphatic rings. The van der Waals surface area contributed by atoms with Gasteiger partial charge in [-0.3, -0.25) is 9.59 Å². The monoisotopic (exact) mass is 611 g/mol. The van der Waals surface area contributed by atoms with Crippen molar-refractivity contribution in [3.8, 4) is 0 Å². The number of allylic oxidation sites excluding steroid dienone is 1. The van der Waals surface area contributed by atoms with E-state index in [9.17, 15) is 14.7 Å². The van der Waals surface area contributed by atoms with Gasteiger partial charge in [0.05, 0.1) is 25.7 Å². The fourth-order valence-corrected chi connectivity index (χ4v) is 4.44. The summed E-state index contributed by atoms with van der Waals surface area (Å²) in [4.78, 5) is 29.1. The summed E-state index contributed by atoms with van der Waals surface area (Å²) in [5, 5.41) is 19.5. The largest absolute Gasteiger partial charge is 0.387 e. The summed E-state index contributed by atoms with van der Waals surface area (Å²) in [6, 6.07) is 21.4. The summed E-state index contributed by atoms with van der Waals surface area (Å²) in [5.74, 6) is 0.0486. The molecule has 2 amide bonds. The number of nitrogens with one attached hydrogen (secondary N) is 3. The third-order valence-corrected chi connectivity index (χ3v) is 7.05. The number of carbonyl (C=O) groups is 2. The van der Waals surface area contributed by atoms with E-state index in [-0.39, 0.29) is 24.3 Å². The molecule has 0 spiro atoms. The van der Waals surface area contributed by atoms with Crippen LogP contribution in [0.4, 0.5) is 5.82 Å². The summed E-state index contributed by atoms with van der Waals surface area (Å²) in [7, 11) is 0. The Morgan fingerprint density at radius 2 is 1.78 bits per heavy atom.